The number of nitrogens with zero attached hydrogens (tertiary/aromatic N) is 1. The first kappa shape index (κ1) is 14.9. The molecular weight excluding hydrogens is 289 g/mol. The zero-order chi connectivity index (χ0) is 15.7. The predicted octanol–water partition coefficient (Wildman–Crippen LogP) is 5.03. The number of halogens is 3. The van der Waals surface area contributed by atoms with Crippen LogP contribution in [0.3, 0.4) is 0 Å². The zero-order valence-electron chi connectivity index (χ0n) is 12.3. The molecule has 1 aliphatic carbocycles. The first-order valence-electron chi connectivity index (χ1n) is 7.37. The summed E-state index contributed by atoms with van der Waals surface area (Å²) in [6.45, 7) is 1.91. The number of aryl methyl sites for hydroxylation is 2. The average molecular weight is 306 g/mol. The van der Waals surface area contributed by atoms with Gasteiger partial charge in [0.05, 0.1) is 5.56 Å². The molecule has 116 valence electrons. The second-order valence-corrected chi connectivity index (χ2v) is 5.65. The van der Waals surface area contributed by atoms with E-state index >= 15 is 0 Å². The van der Waals surface area contributed by atoms with Crippen LogP contribution < -0.4 is 5.32 Å². The van der Waals surface area contributed by atoms with Crippen molar-refractivity contribution in [1.29, 1.82) is 0 Å². The van der Waals surface area contributed by atoms with Crippen LogP contribution in [0.1, 0.15) is 35.4 Å². The van der Waals surface area contributed by atoms with Crippen molar-refractivity contribution in [3.8, 4) is 0 Å². The summed E-state index contributed by atoms with van der Waals surface area (Å²) in [6.07, 6.45) is -0.259. The minimum atomic E-state index is -4.33. The predicted molar refractivity (Wildman–Crippen MR) is 80.3 cm³/mol. The Morgan fingerprint density at radius 2 is 1.86 bits per heavy atom. The molecule has 1 aliphatic rings. The van der Waals surface area contributed by atoms with Crippen LogP contribution in [0.2, 0.25) is 0 Å². The highest BCUT2D eigenvalue weighted by Crippen LogP contribution is 2.33. The molecule has 22 heavy (non-hydrogen) atoms. The van der Waals surface area contributed by atoms with Gasteiger partial charge in [0.15, 0.2) is 0 Å². The monoisotopic (exact) mass is 306 g/mol. The van der Waals surface area contributed by atoms with Crippen molar-refractivity contribution in [2.75, 3.05) is 5.32 Å². The van der Waals surface area contributed by atoms with Crippen molar-refractivity contribution in [2.45, 2.75) is 38.8 Å². The summed E-state index contributed by atoms with van der Waals surface area (Å²) in [6, 6.07) is 7.21. The highest BCUT2D eigenvalue weighted by molar-refractivity contribution is 5.65. The number of hydrogen-bond donors (Lipinski definition) is 1. The van der Waals surface area contributed by atoms with E-state index < -0.39 is 11.7 Å². The van der Waals surface area contributed by atoms with Gasteiger partial charge in [-0.15, -0.1) is 0 Å². The molecular formula is C17H17F3N2. The van der Waals surface area contributed by atoms with E-state index in [1.807, 2.05) is 13.0 Å². The van der Waals surface area contributed by atoms with E-state index in [-0.39, 0.29) is 0 Å². The van der Waals surface area contributed by atoms with Crippen LogP contribution in [0.15, 0.2) is 30.3 Å². The molecule has 3 rings (SSSR count). The normalized spacial score (nSPS) is 14.5. The van der Waals surface area contributed by atoms with Crippen molar-refractivity contribution in [3.05, 3.63) is 52.8 Å². The van der Waals surface area contributed by atoms with Crippen LogP contribution in [-0.4, -0.2) is 4.98 Å². The van der Waals surface area contributed by atoms with Crippen molar-refractivity contribution < 1.29 is 13.2 Å². The van der Waals surface area contributed by atoms with Crippen molar-refractivity contribution in [2.24, 2.45) is 0 Å². The Hall–Kier alpha value is -2.04. The van der Waals surface area contributed by atoms with E-state index in [2.05, 4.69) is 10.3 Å². The second-order valence-electron chi connectivity index (χ2n) is 5.65. The lowest BCUT2D eigenvalue weighted by Crippen LogP contribution is -2.10. The lowest BCUT2D eigenvalue weighted by Gasteiger charge is -2.20. The molecule has 2 nitrogen and oxygen atoms in total. The summed E-state index contributed by atoms with van der Waals surface area (Å²) in [5.74, 6) is 0. The molecule has 0 bridgehead atoms. The van der Waals surface area contributed by atoms with E-state index in [4.69, 9.17) is 0 Å². The molecule has 0 fully saturated rings. The second kappa shape index (κ2) is 5.63. The number of hydrogen-bond acceptors (Lipinski definition) is 2. The fraction of sp³-hybridized carbons (Fsp3) is 0.353. The maximum Gasteiger partial charge on any atom is 0.416 e. The van der Waals surface area contributed by atoms with Crippen molar-refractivity contribution >= 4 is 11.4 Å². The highest BCUT2D eigenvalue weighted by Gasteiger charge is 2.30. The van der Waals surface area contributed by atoms with Gasteiger partial charge in [-0.25, -0.2) is 0 Å². The van der Waals surface area contributed by atoms with E-state index in [1.54, 1.807) is 6.07 Å². The standard InChI is InChI=1S/C17H17F3N2/c1-11-9-16(14-7-2-3-8-15(14)21-11)22-13-6-4-5-12(10-13)17(18,19)20/h4-6,9-10H,2-3,7-8H2,1H3,(H,21,22). The van der Waals surface area contributed by atoms with Gasteiger partial charge in [-0.05, 0) is 62.4 Å². The summed E-state index contributed by atoms with van der Waals surface area (Å²) in [4.78, 5) is 4.55. The number of rotatable bonds is 2. The molecule has 2 aromatic rings. The van der Waals surface area contributed by atoms with E-state index in [0.29, 0.717) is 5.69 Å². The van der Waals surface area contributed by atoms with Crippen LogP contribution >= 0.6 is 0 Å². The molecule has 0 radical (unpaired) electrons. The topological polar surface area (TPSA) is 24.9 Å². The van der Waals surface area contributed by atoms with Gasteiger partial charge in [0.25, 0.3) is 0 Å². The van der Waals surface area contributed by atoms with Gasteiger partial charge in [-0.3, -0.25) is 4.98 Å². The van der Waals surface area contributed by atoms with Gasteiger partial charge in [-0.1, -0.05) is 6.07 Å². The van der Waals surface area contributed by atoms with Gasteiger partial charge < -0.3 is 5.32 Å². The lowest BCUT2D eigenvalue weighted by molar-refractivity contribution is -0.137. The molecule has 0 aliphatic heterocycles. The Balaban J connectivity index is 1.95. The first-order chi connectivity index (χ1) is 10.4. The Morgan fingerprint density at radius 1 is 1.09 bits per heavy atom. The van der Waals surface area contributed by atoms with E-state index in [0.717, 1.165) is 60.5 Å². The SMILES string of the molecule is Cc1cc(Nc2cccc(C(F)(F)F)c2)c2c(n1)CCCC2. The molecule has 0 atom stereocenters. The maximum absolute atomic E-state index is 12.8. The number of pyridine rings is 1. The Bertz CT molecular complexity index is 693. The molecule has 0 saturated carbocycles. The zero-order valence-corrected chi connectivity index (χ0v) is 12.3. The average Bonchev–Trinajstić information content (AvgIpc) is 2.46. The number of fused-ring (bicyclic) bond motifs is 1. The molecule has 0 amide bonds. The summed E-state index contributed by atoms with van der Waals surface area (Å²) < 4.78 is 38.4. The molecule has 5 heteroatoms. The van der Waals surface area contributed by atoms with Gasteiger partial charge in [0.2, 0.25) is 0 Å². The molecule has 0 saturated heterocycles. The smallest absolute Gasteiger partial charge is 0.355 e. The number of alkyl halides is 3. The first-order valence-corrected chi connectivity index (χ1v) is 7.37. The number of aromatic nitrogens is 1. The van der Waals surface area contributed by atoms with Crippen LogP contribution in [0.4, 0.5) is 24.5 Å². The third-order valence-electron chi connectivity index (χ3n) is 3.90. The molecule has 1 heterocycles. The van der Waals surface area contributed by atoms with Gasteiger partial charge in [0.1, 0.15) is 0 Å². The van der Waals surface area contributed by atoms with Crippen LogP contribution in [-0.2, 0) is 19.0 Å². The van der Waals surface area contributed by atoms with Gasteiger partial charge in [0, 0.05) is 22.8 Å². The third kappa shape index (κ3) is 3.08. The Labute approximate surface area is 127 Å². The van der Waals surface area contributed by atoms with Gasteiger partial charge in [-0.2, -0.15) is 13.2 Å². The Morgan fingerprint density at radius 3 is 2.64 bits per heavy atom. The lowest BCUT2D eigenvalue weighted by atomic mass is 9.94. The molecule has 1 aromatic carbocycles. The van der Waals surface area contributed by atoms with Crippen LogP contribution in [0.5, 0.6) is 0 Å². The van der Waals surface area contributed by atoms with Crippen molar-refractivity contribution in [3.63, 3.8) is 0 Å². The Kier molecular flexibility index (Phi) is 3.81. The summed E-state index contributed by atoms with van der Waals surface area (Å²) in [5, 5.41) is 3.15. The van der Waals surface area contributed by atoms with E-state index in [1.165, 1.54) is 6.07 Å². The minimum absolute atomic E-state index is 0.452. The highest BCUT2D eigenvalue weighted by atomic mass is 19.4. The summed E-state index contributed by atoms with van der Waals surface area (Å²) in [5.41, 5.74) is 3.77. The van der Waals surface area contributed by atoms with Crippen LogP contribution in [0.25, 0.3) is 0 Å². The fourth-order valence-corrected chi connectivity index (χ4v) is 2.88. The molecule has 0 spiro atoms. The maximum atomic E-state index is 12.8. The number of anilines is 2. The number of nitrogens with one attached hydrogen (secondary N) is 1. The van der Waals surface area contributed by atoms with Crippen molar-refractivity contribution in [1.82, 2.24) is 4.98 Å². The number of benzene rings is 1. The summed E-state index contributed by atoms with van der Waals surface area (Å²) >= 11 is 0. The molecule has 1 N–H and O–H groups in total. The largest absolute Gasteiger partial charge is 0.416 e. The summed E-state index contributed by atoms with van der Waals surface area (Å²) in [7, 11) is 0. The van der Waals surface area contributed by atoms with Gasteiger partial charge >= 0.3 is 6.18 Å². The van der Waals surface area contributed by atoms with E-state index in [9.17, 15) is 13.2 Å². The van der Waals surface area contributed by atoms with Crippen LogP contribution in [0, 0.1) is 6.92 Å². The fourth-order valence-electron chi connectivity index (χ4n) is 2.88. The molecule has 1 aromatic heterocycles. The third-order valence-corrected chi connectivity index (χ3v) is 3.90. The molecule has 0 unspecified atom stereocenters. The quantitative estimate of drug-likeness (QED) is 0.841. The minimum Gasteiger partial charge on any atom is -0.355 e.